The summed E-state index contributed by atoms with van der Waals surface area (Å²) in [6.07, 6.45) is 1.61. The SMILES string of the molecule is CCNc1ncc(Cl)c(N(C)Cc2ccccc2OC)n1. The molecule has 0 saturated carbocycles. The monoisotopic (exact) mass is 306 g/mol. The summed E-state index contributed by atoms with van der Waals surface area (Å²) < 4.78 is 5.37. The summed E-state index contributed by atoms with van der Waals surface area (Å²) in [4.78, 5) is 10.6. The normalized spacial score (nSPS) is 10.3. The molecule has 5 nitrogen and oxygen atoms in total. The smallest absolute Gasteiger partial charge is 0.224 e. The molecule has 0 aliphatic rings. The van der Waals surface area contributed by atoms with Gasteiger partial charge in [-0.05, 0) is 13.0 Å². The van der Waals surface area contributed by atoms with Crippen LogP contribution in [0.4, 0.5) is 11.8 Å². The Kier molecular flexibility index (Phi) is 5.22. The van der Waals surface area contributed by atoms with Gasteiger partial charge in [0.25, 0.3) is 0 Å². The summed E-state index contributed by atoms with van der Waals surface area (Å²) in [6.45, 7) is 3.40. The maximum Gasteiger partial charge on any atom is 0.224 e. The van der Waals surface area contributed by atoms with Crippen LogP contribution in [0.2, 0.25) is 5.02 Å². The lowest BCUT2D eigenvalue weighted by molar-refractivity contribution is 0.409. The molecule has 1 aromatic heterocycles. The Labute approximate surface area is 129 Å². The molecule has 112 valence electrons. The van der Waals surface area contributed by atoms with Crippen LogP contribution < -0.4 is 15.0 Å². The van der Waals surface area contributed by atoms with Gasteiger partial charge in [-0.3, -0.25) is 0 Å². The third-order valence-corrected chi connectivity index (χ3v) is 3.29. The van der Waals surface area contributed by atoms with E-state index in [1.54, 1.807) is 13.3 Å². The van der Waals surface area contributed by atoms with Crippen molar-refractivity contribution in [1.29, 1.82) is 0 Å². The number of rotatable bonds is 6. The Bertz CT molecular complexity index is 606. The highest BCUT2D eigenvalue weighted by Gasteiger charge is 2.12. The first kappa shape index (κ1) is 15.4. The average molecular weight is 307 g/mol. The van der Waals surface area contributed by atoms with Crippen LogP contribution in [0, 0.1) is 0 Å². The van der Waals surface area contributed by atoms with E-state index in [-0.39, 0.29) is 0 Å². The number of hydrogen-bond donors (Lipinski definition) is 1. The molecule has 1 aromatic carbocycles. The standard InChI is InChI=1S/C15H19ClN4O/c1-4-17-15-18-9-12(16)14(19-15)20(2)10-11-7-5-6-8-13(11)21-3/h5-9H,4,10H2,1-3H3,(H,17,18,19). The van der Waals surface area contributed by atoms with E-state index in [4.69, 9.17) is 16.3 Å². The number of benzene rings is 1. The van der Waals surface area contributed by atoms with Gasteiger partial charge in [-0.15, -0.1) is 0 Å². The number of hydrogen-bond acceptors (Lipinski definition) is 5. The van der Waals surface area contributed by atoms with E-state index in [1.807, 2.05) is 43.1 Å². The van der Waals surface area contributed by atoms with Gasteiger partial charge in [0.2, 0.25) is 5.95 Å². The highest BCUT2D eigenvalue weighted by molar-refractivity contribution is 6.32. The van der Waals surface area contributed by atoms with Gasteiger partial charge in [0.05, 0.1) is 13.3 Å². The molecule has 0 unspecified atom stereocenters. The van der Waals surface area contributed by atoms with Gasteiger partial charge in [-0.2, -0.15) is 4.98 Å². The van der Waals surface area contributed by atoms with Gasteiger partial charge in [-0.25, -0.2) is 4.98 Å². The molecule has 0 atom stereocenters. The second-order valence-corrected chi connectivity index (χ2v) is 4.97. The molecule has 2 rings (SSSR count). The average Bonchev–Trinajstić information content (AvgIpc) is 2.50. The zero-order valence-electron chi connectivity index (χ0n) is 12.4. The molecule has 0 aliphatic carbocycles. The second kappa shape index (κ2) is 7.13. The number of anilines is 2. The topological polar surface area (TPSA) is 50.3 Å². The van der Waals surface area contributed by atoms with Crippen molar-refractivity contribution in [3.8, 4) is 5.75 Å². The first-order valence-corrected chi connectivity index (χ1v) is 7.13. The molecule has 0 fully saturated rings. The molecule has 6 heteroatoms. The molecule has 0 spiro atoms. The van der Waals surface area contributed by atoms with Gasteiger partial charge in [-0.1, -0.05) is 29.8 Å². The lowest BCUT2D eigenvalue weighted by Gasteiger charge is -2.21. The Balaban J connectivity index is 2.23. The van der Waals surface area contributed by atoms with E-state index in [1.165, 1.54) is 0 Å². The highest BCUT2D eigenvalue weighted by atomic mass is 35.5. The third-order valence-electron chi connectivity index (χ3n) is 3.02. The van der Waals surface area contributed by atoms with Crippen molar-refractivity contribution in [3.63, 3.8) is 0 Å². The molecule has 0 bridgehead atoms. The van der Waals surface area contributed by atoms with E-state index in [0.29, 0.717) is 23.3 Å². The number of halogens is 1. The van der Waals surface area contributed by atoms with Crippen LogP contribution in [-0.4, -0.2) is 30.7 Å². The van der Waals surface area contributed by atoms with Crippen molar-refractivity contribution in [1.82, 2.24) is 9.97 Å². The fourth-order valence-electron chi connectivity index (χ4n) is 2.03. The maximum atomic E-state index is 6.21. The van der Waals surface area contributed by atoms with Gasteiger partial charge in [0.15, 0.2) is 5.82 Å². The minimum Gasteiger partial charge on any atom is -0.496 e. The summed E-state index contributed by atoms with van der Waals surface area (Å²) in [6, 6.07) is 7.89. The van der Waals surface area contributed by atoms with Crippen LogP contribution >= 0.6 is 11.6 Å². The summed E-state index contributed by atoms with van der Waals surface area (Å²) in [5, 5.41) is 3.61. The summed E-state index contributed by atoms with van der Waals surface area (Å²) >= 11 is 6.21. The Hall–Kier alpha value is -2.01. The molecule has 0 amide bonds. The molecule has 0 saturated heterocycles. The number of aromatic nitrogens is 2. The number of nitrogens with zero attached hydrogens (tertiary/aromatic N) is 3. The van der Waals surface area contributed by atoms with Crippen molar-refractivity contribution in [2.24, 2.45) is 0 Å². The Morgan fingerprint density at radius 2 is 2.10 bits per heavy atom. The lowest BCUT2D eigenvalue weighted by Crippen LogP contribution is -2.19. The zero-order chi connectivity index (χ0) is 15.2. The third kappa shape index (κ3) is 3.76. The summed E-state index contributed by atoms with van der Waals surface area (Å²) in [7, 11) is 3.61. The molecular weight excluding hydrogens is 288 g/mol. The summed E-state index contributed by atoms with van der Waals surface area (Å²) in [5.74, 6) is 2.11. The molecular formula is C15H19ClN4O. The van der Waals surface area contributed by atoms with E-state index >= 15 is 0 Å². The van der Waals surface area contributed by atoms with Gasteiger partial charge in [0.1, 0.15) is 10.8 Å². The minimum absolute atomic E-state index is 0.522. The molecule has 0 aliphatic heterocycles. The van der Waals surface area contributed by atoms with Crippen molar-refractivity contribution in [2.75, 3.05) is 30.9 Å². The van der Waals surface area contributed by atoms with Gasteiger partial charge in [0, 0.05) is 25.7 Å². The fraction of sp³-hybridized carbons (Fsp3) is 0.333. The van der Waals surface area contributed by atoms with Crippen molar-refractivity contribution < 1.29 is 4.74 Å². The molecule has 21 heavy (non-hydrogen) atoms. The van der Waals surface area contributed by atoms with E-state index in [2.05, 4.69) is 15.3 Å². The predicted molar refractivity (Wildman–Crippen MR) is 86.3 cm³/mol. The van der Waals surface area contributed by atoms with Crippen LogP contribution in [-0.2, 0) is 6.54 Å². The second-order valence-electron chi connectivity index (χ2n) is 4.56. The lowest BCUT2D eigenvalue weighted by atomic mass is 10.2. The van der Waals surface area contributed by atoms with Crippen molar-refractivity contribution >= 4 is 23.4 Å². The summed E-state index contributed by atoms with van der Waals surface area (Å²) in [5.41, 5.74) is 1.07. The Morgan fingerprint density at radius 3 is 2.81 bits per heavy atom. The number of ether oxygens (including phenoxy) is 1. The van der Waals surface area contributed by atoms with Crippen molar-refractivity contribution in [3.05, 3.63) is 41.0 Å². The van der Waals surface area contributed by atoms with Crippen LogP contribution in [0.25, 0.3) is 0 Å². The van der Waals surface area contributed by atoms with Crippen LogP contribution in [0.3, 0.4) is 0 Å². The zero-order valence-corrected chi connectivity index (χ0v) is 13.2. The molecule has 0 radical (unpaired) electrons. The number of methoxy groups -OCH3 is 1. The van der Waals surface area contributed by atoms with E-state index in [0.717, 1.165) is 17.9 Å². The van der Waals surface area contributed by atoms with E-state index in [9.17, 15) is 0 Å². The van der Waals surface area contributed by atoms with Gasteiger partial charge < -0.3 is 15.0 Å². The minimum atomic E-state index is 0.522. The highest BCUT2D eigenvalue weighted by Crippen LogP contribution is 2.26. The quantitative estimate of drug-likeness (QED) is 0.888. The molecule has 2 aromatic rings. The Morgan fingerprint density at radius 1 is 1.33 bits per heavy atom. The first-order chi connectivity index (χ1) is 10.2. The maximum absolute atomic E-state index is 6.21. The molecule has 1 heterocycles. The van der Waals surface area contributed by atoms with Crippen LogP contribution in [0.15, 0.2) is 30.5 Å². The number of para-hydroxylation sites is 1. The van der Waals surface area contributed by atoms with Gasteiger partial charge >= 0.3 is 0 Å². The van der Waals surface area contributed by atoms with E-state index < -0.39 is 0 Å². The molecule has 1 N–H and O–H groups in total. The first-order valence-electron chi connectivity index (χ1n) is 6.75. The largest absolute Gasteiger partial charge is 0.496 e. The van der Waals surface area contributed by atoms with Crippen molar-refractivity contribution in [2.45, 2.75) is 13.5 Å². The van der Waals surface area contributed by atoms with Crippen LogP contribution in [0.1, 0.15) is 12.5 Å². The van der Waals surface area contributed by atoms with Crippen LogP contribution in [0.5, 0.6) is 5.75 Å². The predicted octanol–water partition coefficient (Wildman–Crippen LogP) is 3.21. The fourth-order valence-corrected chi connectivity index (χ4v) is 2.27. The number of nitrogens with one attached hydrogen (secondary N) is 1.